The van der Waals surface area contributed by atoms with E-state index in [2.05, 4.69) is 5.32 Å². The second-order valence-corrected chi connectivity index (χ2v) is 9.08. The largest absolute Gasteiger partial charge is 0.461 e. The van der Waals surface area contributed by atoms with E-state index in [-0.39, 0.29) is 34.5 Å². The van der Waals surface area contributed by atoms with E-state index >= 15 is 0 Å². The highest BCUT2D eigenvalue weighted by atomic mass is 35.5. The normalized spacial score (nSPS) is 17.1. The first kappa shape index (κ1) is 22.3. The number of nitrogens with zero attached hydrogens (tertiary/aromatic N) is 2. The lowest BCUT2D eigenvalue weighted by Crippen LogP contribution is -2.43. The number of aryl methyl sites for hydroxylation is 1. The summed E-state index contributed by atoms with van der Waals surface area (Å²) in [5.74, 6) is -1.75. The van der Waals surface area contributed by atoms with Gasteiger partial charge in [0, 0.05) is 19.8 Å². The summed E-state index contributed by atoms with van der Waals surface area (Å²) in [6.07, 6.45) is 2.12. The third-order valence-corrected chi connectivity index (χ3v) is 6.95. The number of carbonyl (C=O) groups is 2. The van der Waals surface area contributed by atoms with Crippen LogP contribution in [0.15, 0.2) is 35.4 Å². The molecule has 2 aromatic rings. The minimum Gasteiger partial charge on any atom is -0.461 e. The summed E-state index contributed by atoms with van der Waals surface area (Å²) in [7, 11) is -2.50. The fourth-order valence-electron chi connectivity index (χ4n) is 3.32. The molecule has 8 nitrogen and oxygen atoms in total. The Balaban J connectivity index is 1.84. The molecule has 1 aliphatic rings. The zero-order valence-corrected chi connectivity index (χ0v) is 18.0. The molecule has 0 radical (unpaired) electrons. The summed E-state index contributed by atoms with van der Waals surface area (Å²) in [5, 5.41) is 2.57. The average Bonchev–Trinajstić information content (AvgIpc) is 3.32. The quantitative estimate of drug-likeness (QED) is 0.672. The minimum absolute atomic E-state index is 0.0119. The van der Waals surface area contributed by atoms with Gasteiger partial charge in [-0.05, 0) is 44.0 Å². The first-order valence-electron chi connectivity index (χ1n) is 9.26. The molecule has 0 unspecified atom stereocenters. The number of amides is 1. The Hall–Kier alpha value is -2.43. The van der Waals surface area contributed by atoms with E-state index in [1.165, 1.54) is 29.9 Å². The van der Waals surface area contributed by atoms with Crippen LogP contribution in [0.1, 0.15) is 30.3 Å². The number of sulfonamides is 1. The van der Waals surface area contributed by atoms with Gasteiger partial charge in [-0.3, -0.25) is 4.79 Å². The van der Waals surface area contributed by atoms with Gasteiger partial charge in [-0.25, -0.2) is 17.6 Å². The van der Waals surface area contributed by atoms with Crippen LogP contribution >= 0.6 is 11.6 Å². The van der Waals surface area contributed by atoms with E-state index in [1.807, 2.05) is 0 Å². The van der Waals surface area contributed by atoms with Gasteiger partial charge in [-0.15, -0.1) is 0 Å². The first-order valence-corrected chi connectivity index (χ1v) is 11.1. The molecule has 3 rings (SSSR count). The molecular formula is C19H21ClFN3O5S. The second-order valence-electron chi connectivity index (χ2n) is 6.78. The van der Waals surface area contributed by atoms with Crippen LogP contribution in [0.25, 0.3) is 0 Å². The number of rotatable bonds is 6. The van der Waals surface area contributed by atoms with Crippen molar-refractivity contribution >= 4 is 39.2 Å². The van der Waals surface area contributed by atoms with E-state index in [0.717, 1.165) is 16.4 Å². The summed E-state index contributed by atoms with van der Waals surface area (Å²) in [6.45, 7) is 1.97. The maximum Gasteiger partial charge on any atom is 0.354 e. The van der Waals surface area contributed by atoms with Gasteiger partial charge in [0.1, 0.15) is 22.4 Å². The van der Waals surface area contributed by atoms with Crippen molar-refractivity contribution in [3.8, 4) is 0 Å². The summed E-state index contributed by atoms with van der Waals surface area (Å²) in [4.78, 5) is 24.7. The second kappa shape index (κ2) is 8.75. The van der Waals surface area contributed by atoms with Gasteiger partial charge in [0.2, 0.25) is 15.9 Å². The van der Waals surface area contributed by atoms with Crippen LogP contribution in [0.4, 0.5) is 10.1 Å². The van der Waals surface area contributed by atoms with E-state index in [1.54, 1.807) is 6.92 Å². The highest BCUT2D eigenvalue weighted by molar-refractivity contribution is 7.89. The summed E-state index contributed by atoms with van der Waals surface area (Å²) < 4.78 is 46.9. The van der Waals surface area contributed by atoms with Crippen molar-refractivity contribution in [2.75, 3.05) is 18.5 Å². The lowest BCUT2D eigenvalue weighted by Gasteiger charge is -2.23. The summed E-state index contributed by atoms with van der Waals surface area (Å²) in [5.41, 5.74) is 0.283. The third kappa shape index (κ3) is 4.35. The lowest BCUT2D eigenvalue weighted by atomic mass is 10.2. The molecule has 30 heavy (non-hydrogen) atoms. The number of aromatic nitrogens is 1. The number of halogens is 2. The fourth-order valence-corrected chi connectivity index (χ4v) is 5.26. The van der Waals surface area contributed by atoms with Gasteiger partial charge in [0.05, 0.1) is 17.3 Å². The maximum atomic E-state index is 13.2. The summed E-state index contributed by atoms with van der Waals surface area (Å²) in [6, 6.07) is 3.79. The summed E-state index contributed by atoms with van der Waals surface area (Å²) >= 11 is 5.94. The number of anilines is 1. The number of carbonyl (C=O) groups excluding carboxylic acids is 2. The van der Waals surface area contributed by atoms with Crippen LogP contribution in [0.2, 0.25) is 5.02 Å². The standard InChI is InChI=1S/C19H21ClFN3O5S/c1-3-29-19(26)17-10-13(11-23(17)2)30(27,28)24-8-4-5-16(24)18(25)22-15-7-6-12(21)9-14(15)20/h6-7,9-11,16H,3-5,8H2,1-2H3,(H,22,25)/t16-/m0/s1. The molecule has 1 N–H and O–H groups in total. The molecular weight excluding hydrogens is 437 g/mol. The monoisotopic (exact) mass is 457 g/mol. The molecule has 1 atom stereocenters. The van der Waals surface area contributed by atoms with Gasteiger partial charge < -0.3 is 14.6 Å². The average molecular weight is 458 g/mol. The molecule has 1 aromatic carbocycles. The molecule has 162 valence electrons. The Labute approximate surface area is 178 Å². The number of hydrogen-bond acceptors (Lipinski definition) is 5. The van der Waals surface area contributed by atoms with Crippen molar-refractivity contribution in [1.82, 2.24) is 8.87 Å². The van der Waals surface area contributed by atoms with E-state index in [0.29, 0.717) is 12.8 Å². The zero-order chi connectivity index (χ0) is 22.1. The molecule has 1 aliphatic heterocycles. The Morgan fingerprint density at radius 2 is 2.07 bits per heavy atom. The smallest absolute Gasteiger partial charge is 0.354 e. The minimum atomic E-state index is -4.04. The topological polar surface area (TPSA) is 97.7 Å². The van der Waals surface area contributed by atoms with Crippen LogP contribution in [0.3, 0.4) is 0 Å². The van der Waals surface area contributed by atoms with E-state index in [4.69, 9.17) is 16.3 Å². The maximum absolute atomic E-state index is 13.2. The van der Waals surface area contributed by atoms with Crippen molar-refractivity contribution in [3.05, 3.63) is 47.0 Å². The van der Waals surface area contributed by atoms with Gasteiger partial charge >= 0.3 is 5.97 Å². The Kier molecular flexibility index (Phi) is 6.49. The molecule has 11 heteroatoms. The van der Waals surface area contributed by atoms with Crippen LogP contribution in [-0.4, -0.2) is 48.4 Å². The molecule has 0 saturated carbocycles. The molecule has 0 aliphatic carbocycles. The number of benzene rings is 1. The van der Waals surface area contributed by atoms with E-state index in [9.17, 15) is 22.4 Å². The van der Waals surface area contributed by atoms with Gasteiger partial charge in [0.15, 0.2) is 0 Å². The molecule has 1 saturated heterocycles. The predicted octanol–water partition coefficient (Wildman–Crippen LogP) is 2.79. The highest BCUT2D eigenvalue weighted by Crippen LogP contribution is 2.29. The SMILES string of the molecule is CCOC(=O)c1cc(S(=O)(=O)N2CCC[C@H]2C(=O)Nc2ccc(F)cc2Cl)cn1C. The number of hydrogen-bond donors (Lipinski definition) is 1. The molecule has 1 fully saturated rings. The van der Waals surface area contributed by atoms with Crippen molar-refractivity contribution in [2.24, 2.45) is 7.05 Å². The Morgan fingerprint density at radius 3 is 2.73 bits per heavy atom. The molecule has 1 aromatic heterocycles. The van der Waals surface area contributed by atoms with Crippen LogP contribution < -0.4 is 5.32 Å². The molecule has 2 heterocycles. The fraction of sp³-hybridized carbons (Fsp3) is 0.368. The van der Waals surface area contributed by atoms with Crippen molar-refractivity contribution in [2.45, 2.75) is 30.7 Å². The predicted molar refractivity (Wildman–Crippen MR) is 108 cm³/mol. The number of ether oxygens (including phenoxy) is 1. The lowest BCUT2D eigenvalue weighted by molar-refractivity contribution is -0.119. The highest BCUT2D eigenvalue weighted by Gasteiger charge is 2.40. The molecule has 0 spiro atoms. The Bertz CT molecular complexity index is 1090. The number of esters is 1. The first-order chi connectivity index (χ1) is 14.1. The van der Waals surface area contributed by atoms with Gasteiger partial charge in [-0.2, -0.15) is 4.31 Å². The van der Waals surface area contributed by atoms with Crippen molar-refractivity contribution in [3.63, 3.8) is 0 Å². The van der Waals surface area contributed by atoms with Crippen LogP contribution in [0.5, 0.6) is 0 Å². The molecule has 1 amide bonds. The van der Waals surface area contributed by atoms with Crippen molar-refractivity contribution in [1.29, 1.82) is 0 Å². The Morgan fingerprint density at radius 1 is 1.33 bits per heavy atom. The third-order valence-electron chi connectivity index (χ3n) is 4.77. The number of nitrogens with one attached hydrogen (secondary N) is 1. The van der Waals surface area contributed by atoms with Crippen LogP contribution in [-0.2, 0) is 26.6 Å². The van der Waals surface area contributed by atoms with Gasteiger partial charge in [-0.1, -0.05) is 11.6 Å². The van der Waals surface area contributed by atoms with Crippen molar-refractivity contribution < 1.29 is 27.1 Å². The van der Waals surface area contributed by atoms with Crippen LogP contribution in [0, 0.1) is 5.82 Å². The zero-order valence-electron chi connectivity index (χ0n) is 16.4. The van der Waals surface area contributed by atoms with Gasteiger partial charge in [0.25, 0.3) is 0 Å². The molecule has 0 bridgehead atoms. The van der Waals surface area contributed by atoms with E-state index < -0.39 is 33.8 Å².